The Hall–Kier alpha value is -1.52. The maximum absolute atomic E-state index is 6.07. The lowest BCUT2D eigenvalue weighted by molar-refractivity contribution is 0.799. The molecule has 1 N–H and O–H groups in total. The Kier molecular flexibility index (Phi) is 3.94. The summed E-state index contributed by atoms with van der Waals surface area (Å²) < 4.78 is 0. The van der Waals surface area contributed by atoms with E-state index in [-0.39, 0.29) is 0 Å². The Labute approximate surface area is 127 Å². The van der Waals surface area contributed by atoms with Crippen LogP contribution in [0.4, 0.5) is 11.5 Å². The minimum atomic E-state index is 0.362. The van der Waals surface area contributed by atoms with E-state index in [0.29, 0.717) is 16.1 Å². The van der Waals surface area contributed by atoms with Gasteiger partial charge in [0.1, 0.15) is 5.82 Å². The Balaban J connectivity index is 1.66. The van der Waals surface area contributed by atoms with Crippen molar-refractivity contribution in [2.75, 3.05) is 23.3 Å². The highest BCUT2D eigenvalue weighted by Gasteiger charge is 2.23. The van der Waals surface area contributed by atoms with Gasteiger partial charge in [-0.25, -0.2) is 4.98 Å². The van der Waals surface area contributed by atoms with Gasteiger partial charge in [0, 0.05) is 37.2 Å². The van der Waals surface area contributed by atoms with Gasteiger partial charge < -0.3 is 10.2 Å². The molecule has 6 heteroatoms. The van der Waals surface area contributed by atoms with Crippen molar-refractivity contribution in [2.24, 2.45) is 0 Å². The Morgan fingerprint density at radius 1 is 1.20 bits per heavy atom. The second-order valence-electron chi connectivity index (χ2n) is 4.77. The number of hydrogen-bond acceptors (Lipinski definition) is 4. The summed E-state index contributed by atoms with van der Waals surface area (Å²) in [5.74, 6) is 0.813. The van der Waals surface area contributed by atoms with Gasteiger partial charge in [-0.05, 0) is 24.6 Å². The van der Waals surface area contributed by atoms with Gasteiger partial charge in [-0.2, -0.15) is 0 Å². The van der Waals surface area contributed by atoms with Gasteiger partial charge in [-0.3, -0.25) is 4.98 Å². The molecule has 1 aromatic heterocycles. The summed E-state index contributed by atoms with van der Waals surface area (Å²) in [6.07, 6.45) is 6.15. The van der Waals surface area contributed by atoms with Crippen molar-refractivity contribution in [3.05, 3.63) is 46.8 Å². The van der Waals surface area contributed by atoms with Crippen LogP contribution in [-0.2, 0) is 0 Å². The third-order valence-corrected chi connectivity index (χ3v) is 4.11. The molecule has 1 aliphatic rings. The number of anilines is 2. The van der Waals surface area contributed by atoms with E-state index in [4.69, 9.17) is 23.2 Å². The van der Waals surface area contributed by atoms with E-state index < -0.39 is 0 Å². The van der Waals surface area contributed by atoms with Crippen LogP contribution in [-0.4, -0.2) is 29.1 Å². The molecule has 0 amide bonds. The van der Waals surface area contributed by atoms with Gasteiger partial charge in [0.2, 0.25) is 0 Å². The lowest BCUT2D eigenvalue weighted by atomic mass is 10.2. The number of halogens is 2. The second kappa shape index (κ2) is 5.85. The lowest BCUT2D eigenvalue weighted by Gasteiger charge is -2.19. The molecule has 1 unspecified atom stereocenters. The molecule has 1 atom stereocenters. The van der Waals surface area contributed by atoms with E-state index >= 15 is 0 Å². The van der Waals surface area contributed by atoms with E-state index in [1.165, 1.54) is 0 Å². The number of aromatic nitrogens is 2. The number of rotatable bonds is 3. The van der Waals surface area contributed by atoms with Crippen LogP contribution in [0.15, 0.2) is 36.8 Å². The Morgan fingerprint density at radius 2 is 2.10 bits per heavy atom. The van der Waals surface area contributed by atoms with Crippen LogP contribution < -0.4 is 10.2 Å². The normalized spacial score (nSPS) is 18.3. The molecule has 20 heavy (non-hydrogen) atoms. The van der Waals surface area contributed by atoms with Crippen molar-refractivity contribution in [3.63, 3.8) is 0 Å². The highest BCUT2D eigenvalue weighted by atomic mass is 35.5. The zero-order chi connectivity index (χ0) is 13.9. The molecule has 1 saturated heterocycles. The SMILES string of the molecule is Clc1ccc(N2CCC(Nc3cnccn3)C2)cc1Cl. The van der Waals surface area contributed by atoms with Gasteiger partial charge in [0.25, 0.3) is 0 Å². The summed E-state index contributed by atoms with van der Waals surface area (Å²) in [5.41, 5.74) is 1.10. The van der Waals surface area contributed by atoms with Gasteiger partial charge in [0.05, 0.1) is 16.2 Å². The van der Waals surface area contributed by atoms with Crippen LogP contribution >= 0.6 is 23.2 Å². The first kappa shape index (κ1) is 13.5. The highest BCUT2D eigenvalue weighted by molar-refractivity contribution is 6.42. The maximum atomic E-state index is 6.07. The standard InChI is InChI=1S/C14H14Cl2N4/c15-12-2-1-11(7-13(12)16)20-6-3-10(9-20)19-14-8-17-4-5-18-14/h1-2,4-5,7-8,10H,3,6,9H2,(H,18,19). The van der Waals surface area contributed by atoms with Crippen LogP contribution in [0.25, 0.3) is 0 Å². The van der Waals surface area contributed by atoms with Crippen LogP contribution in [0.3, 0.4) is 0 Å². The first-order valence-electron chi connectivity index (χ1n) is 6.45. The Morgan fingerprint density at radius 3 is 2.85 bits per heavy atom. The second-order valence-corrected chi connectivity index (χ2v) is 5.58. The Bertz CT molecular complexity index is 591. The third kappa shape index (κ3) is 2.97. The average molecular weight is 309 g/mol. The fourth-order valence-corrected chi connectivity index (χ4v) is 2.67. The number of hydrogen-bond donors (Lipinski definition) is 1. The summed E-state index contributed by atoms with van der Waals surface area (Å²) in [6.45, 7) is 1.89. The minimum absolute atomic E-state index is 0.362. The molecule has 0 aliphatic carbocycles. The monoisotopic (exact) mass is 308 g/mol. The molecule has 0 saturated carbocycles. The maximum Gasteiger partial charge on any atom is 0.144 e. The van der Waals surface area contributed by atoms with Crippen LogP contribution in [0, 0.1) is 0 Å². The topological polar surface area (TPSA) is 41.0 Å². The van der Waals surface area contributed by atoms with E-state index in [2.05, 4.69) is 20.2 Å². The fraction of sp³-hybridized carbons (Fsp3) is 0.286. The molecular weight excluding hydrogens is 295 g/mol. The molecule has 2 aromatic rings. The van der Waals surface area contributed by atoms with Gasteiger partial charge in [-0.15, -0.1) is 0 Å². The summed E-state index contributed by atoms with van der Waals surface area (Å²) in [4.78, 5) is 10.6. The zero-order valence-electron chi connectivity index (χ0n) is 10.8. The summed E-state index contributed by atoms with van der Waals surface area (Å²) in [7, 11) is 0. The fourth-order valence-electron chi connectivity index (χ4n) is 2.38. The van der Waals surface area contributed by atoms with Gasteiger partial charge >= 0.3 is 0 Å². The molecule has 3 rings (SSSR count). The largest absolute Gasteiger partial charge is 0.369 e. The van der Waals surface area contributed by atoms with E-state index in [1.54, 1.807) is 18.6 Å². The third-order valence-electron chi connectivity index (χ3n) is 3.37. The molecule has 0 radical (unpaired) electrons. The van der Waals surface area contributed by atoms with Crippen LogP contribution in [0.5, 0.6) is 0 Å². The van der Waals surface area contributed by atoms with Crippen molar-refractivity contribution in [3.8, 4) is 0 Å². The molecule has 2 heterocycles. The highest BCUT2D eigenvalue weighted by Crippen LogP contribution is 2.29. The molecule has 104 valence electrons. The first-order valence-corrected chi connectivity index (χ1v) is 7.20. The number of nitrogens with zero attached hydrogens (tertiary/aromatic N) is 3. The van der Waals surface area contributed by atoms with E-state index in [0.717, 1.165) is 31.0 Å². The molecule has 0 bridgehead atoms. The molecular formula is C14H14Cl2N4. The van der Waals surface area contributed by atoms with Gasteiger partial charge in [0.15, 0.2) is 0 Å². The van der Waals surface area contributed by atoms with Crippen LogP contribution in [0.2, 0.25) is 10.0 Å². The van der Waals surface area contributed by atoms with Crippen molar-refractivity contribution < 1.29 is 0 Å². The lowest BCUT2D eigenvalue weighted by Crippen LogP contribution is -2.26. The van der Waals surface area contributed by atoms with Crippen molar-refractivity contribution >= 4 is 34.7 Å². The average Bonchev–Trinajstić information content (AvgIpc) is 2.91. The summed E-state index contributed by atoms with van der Waals surface area (Å²) >= 11 is 12.0. The predicted molar refractivity (Wildman–Crippen MR) is 82.7 cm³/mol. The van der Waals surface area contributed by atoms with E-state index in [1.807, 2.05) is 18.2 Å². The van der Waals surface area contributed by atoms with E-state index in [9.17, 15) is 0 Å². The molecule has 1 aromatic carbocycles. The van der Waals surface area contributed by atoms with Crippen molar-refractivity contribution in [1.82, 2.24) is 9.97 Å². The molecule has 1 aliphatic heterocycles. The predicted octanol–water partition coefficient (Wildman–Crippen LogP) is 3.47. The number of benzene rings is 1. The smallest absolute Gasteiger partial charge is 0.144 e. The van der Waals surface area contributed by atoms with Crippen molar-refractivity contribution in [2.45, 2.75) is 12.5 Å². The molecule has 0 spiro atoms. The first-order chi connectivity index (χ1) is 9.72. The number of nitrogens with one attached hydrogen (secondary N) is 1. The molecule has 1 fully saturated rings. The summed E-state index contributed by atoms with van der Waals surface area (Å²) in [6, 6.07) is 6.11. The van der Waals surface area contributed by atoms with Gasteiger partial charge in [-0.1, -0.05) is 23.2 Å². The zero-order valence-corrected chi connectivity index (χ0v) is 12.3. The van der Waals surface area contributed by atoms with Crippen LogP contribution in [0.1, 0.15) is 6.42 Å². The quantitative estimate of drug-likeness (QED) is 0.942. The summed E-state index contributed by atoms with van der Waals surface area (Å²) in [5, 5.41) is 4.57. The molecule has 4 nitrogen and oxygen atoms in total. The minimum Gasteiger partial charge on any atom is -0.369 e. The van der Waals surface area contributed by atoms with Crippen molar-refractivity contribution in [1.29, 1.82) is 0 Å².